The lowest BCUT2D eigenvalue weighted by atomic mass is 9.95. The highest BCUT2D eigenvalue weighted by atomic mass is 19.3. The second-order valence-electron chi connectivity index (χ2n) is 7.77. The van der Waals surface area contributed by atoms with Gasteiger partial charge in [0.1, 0.15) is 5.82 Å². The number of anilines is 2. The van der Waals surface area contributed by atoms with Crippen LogP contribution in [0.5, 0.6) is 5.88 Å². The van der Waals surface area contributed by atoms with E-state index in [4.69, 9.17) is 4.74 Å². The van der Waals surface area contributed by atoms with Crippen molar-refractivity contribution in [3.63, 3.8) is 0 Å². The van der Waals surface area contributed by atoms with Crippen molar-refractivity contribution in [3.05, 3.63) is 42.1 Å². The van der Waals surface area contributed by atoms with Crippen LogP contribution in [0.15, 0.2) is 36.5 Å². The van der Waals surface area contributed by atoms with Gasteiger partial charge in [-0.2, -0.15) is 10.1 Å². The van der Waals surface area contributed by atoms with E-state index in [1.807, 2.05) is 31.4 Å². The third kappa shape index (κ3) is 5.17. The molecule has 0 unspecified atom stereocenters. The summed E-state index contributed by atoms with van der Waals surface area (Å²) in [6.07, 6.45) is 5.28. The molecule has 0 bridgehead atoms. The number of aryl methyl sites for hydroxylation is 1. The molecule has 0 radical (unpaired) electrons. The predicted octanol–water partition coefficient (Wildman–Crippen LogP) is 4.97. The average molecular weight is 415 g/mol. The minimum atomic E-state index is -2.52. The standard InChI is InChI=1S/C22H27F2N5O/c1-29-13-16-11-18(8-9-19(16)28-29)25-12-15-7-10-21(30-14-20(23)24)27-22(15)26-17-5-3-2-4-6-17/h7-11,13,17,20,25H,2-6,12,14H2,1H3,(H,26,27). The zero-order chi connectivity index (χ0) is 20.9. The van der Waals surface area contributed by atoms with Crippen LogP contribution in [0, 0.1) is 0 Å². The Hall–Kier alpha value is -2.90. The molecule has 0 aliphatic heterocycles. The van der Waals surface area contributed by atoms with Crippen molar-refractivity contribution >= 4 is 22.4 Å². The zero-order valence-electron chi connectivity index (χ0n) is 17.1. The maximum atomic E-state index is 12.5. The summed E-state index contributed by atoms with van der Waals surface area (Å²) in [7, 11) is 1.90. The topological polar surface area (TPSA) is 64.0 Å². The highest BCUT2D eigenvalue weighted by molar-refractivity contribution is 5.82. The van der Waals surface area contributed by atoms with Crippen LogP contribution >= 0.6 is 0 Å². The van der Waals surface area contributed by atoms with Crippen LogP contribution < -0.4 is 15.4 Å². The molecule has 0 saturated heterocycles. The van der Waals surface area contributed by atoms with Gasteiger partial charge < -0.3 is 15.4 Å². The van der Waals surface area contributed by atoms with Gasteiger partial charge in [-0.1, -0.05) is 19.3 Å². The molecule has 0 spiro atoms. The molecule has 1 saturated carbocycles. The summed E-state index contributed by atoms with van der Waals surface area (Å²) >= 11 is 0. The summed E-state index contributed by atoms with van der Waals surface area (Å²) in [5.41, 5.74) is 2.90. The summed E-state index contributed by atoms with van der Waals surface area (Å²) in [5.74, 6) is 0.915. The molecular formula is C22H27F2N5O. The lowest BCUT2D eigenvalue weighted by Gasteiger charge is -2.25. The molecule has 1 fully saturated rings. The molecule has 1 aliphatic rings. The molecule has 1 aromatic carbocycles. The second-order valence-corrected chi connectivity index (χ2v) is 7.77. The molecule has 0 atom stereocenters. The first kappa shape index (κ1) is 20.4. The number of halogens is 2. The molecular weight excluding hydrogens is 388 g/mol. The van der Waals surface area contributed by atoms with Crippen LogP contribution in [0.4, 0.5) is 20.3 Å². The van der Waals surface area contributed by atoms with E-state index in [9.17, 15) is 8.78 Å². The minimum Gasteiger partial charge on any atom is -0.472 e. The van der Waals surface area contributed by atoms with Crippen LogP contribution in [-0.4, -0.2) is 33.8 Å². The van der Waals surface area contributed by atoms with Crippen molar-refractivity contribution < 1.29 is 13.5 Å². The van der Waals surface area contributed by atoms with Gasteiger partial charge >= 0.3 is 0 Å². The average Bonchev–Trinajstić information content (AvgIpc) is 3.11. The van der Waals surface area contributed by atoms with Crippen LogP contribution in [0.25, 0.3) is 10.9 Å². The van der Waals surface area contributed by atoms with Gasteiger partial charge in [-0.15, -0.1) is 0 Å². The maximum Gasteiger partial charge on any atom is 0.272 e. The Morgan fingerprint density at radius 2 is 2.00 bits per heavy atom. The van der Waals surface area contributed by atoms with Crippen LogP contribution in [0.1, 0.15) is 37.7 Å². The van der Waals surface area contributed by atoms with Gasteiger partial charge in [0.25, 0.3) is 6.43 Å². The number of pyridine rings is 1. The first-order valence-corrected chi connectivity index (χ1v) is 10.4. The van der Waals surface area contributed by atoms with Gasteiger partial charge in [0.05, 0.1) is 5.52 Å². The summed E-state index contributed by atoms with van der Waals surface area (Å²) in [5, 5.41) is 12.4. The minimum absolute atomic E-state index is 0.217. The molecule has 1 aliphatic carbocycles. The van der Waals surface area contributed by atoms with E-state index in [1.54, 1.807) is 10.7 Å². The van der Waals surface area contributed by atoms with E-state index in [1.165, 1.54) is 19.3 Å². The number of ether oxygens (including phenoxy) is 1. The van der Waals surface area contributed by atoms with Gasteiger partial charge in [-0.3, -0.25) is 4.68 Å². The molecule has 0 amide bonds. The number of nitrogens with one attached hydrogen (secondary N) is 2. The number of fused-ring (bicyclic) bond motifs is 1. The normalized spacial score (nSPS) is 14.9. The Bertz CT molecular complexity index is 985. The van der Waals surface area contributed by atoms with E-state index >= 15 is 0 Å². The number of benzene rings is 1. The van der Waals surface area contributed by atoms with Crippen LogP contribution in [0.3, 0.4) is 0 Å². The van der Waals surface area contributed by atoms with E-state index in [-0.39, 0.29) is 5.88 Å². The summed E-state index contributed by atoms with van der Waals surface area (Å²) in [4.78, 5) is 4.48. The first-order valence-electron chi connectivity index (χ1n) is 10.4. The third-order valence-electron chi connectivity index (χ3n) is 5.36. The summed E-state index contributed by atoms with van der Waals surface area (Å²) < 4.78 is 31.9. The summed E-state index contributed by atoms with van der Waals surface area (Å²) in [6, 6.07) is 9.92. The first-order chi connectivity index (χ1) is 14.6. The van der Waals surface area contributed by atoms with Crippen LogP contribution in [0.2, 0.25) is 0 Å². The van der Waals surface area contributed by atoms with Crippen molar-refractivity contribution in [1.29, 1.82) is 0 Å². The van der Waals surface area contributed by atoms with Crippen molar-refractivity contribution in [3.8, 4) is 5.88 Å². The molecule has 3 aromatic rings. The Morgan fingerprint density at radius 3 is 2.80 bits per heavy atom. The molecule has 6 nitrogen and oxygen atoms in total. The largest absolute Gasteiger partial charge is 0.472 e. The predicted molar refractivity (Wildman–Crippen MR) is 114 cm³/mol. The Morgan fingerprint density at radius 1 is 1.17 bits per heavy atom. The maximum absolute atomic E-state index is 12.5. The Labute approximate surface area is 174 Å². The van der Waals surface area contributed by atoms with E-state index in [0.717, 1.165) is 35.0 Å². The number of hydrogen-bond acceptors (Lipinski definition) is 5. The lowest BCUT2D eigenvalue weighted by molar-refractivity contribution is 0.0796. The number of aromatic nitrogens is 3. The molecule has 160 valence electrons. The SMILES string of the molecule is Cn1cc2cc(NCc3ccc(OCC(F)F)nc3NC3CCCCC3)ccc2n1. The van der Waals surface area contributed by atoms with Crippen molar-refractivity contribution in [2.75, 3.05) is 17.2 Å². The molecule has 8 heteroatoms. The summed E-state index contributed by atoms with van der Waals surface area (Å²) in [6.45, 7) is -0.0957. The smallest absolute Gasteiger partial charge is 0.272 e. The molecule has 30 heavy (non-hydrogen) atoms. The fourth-order valence-electron chi connectivity index (χ4n) is 3.86. The Kier molecular flexibility index (Phi) is 6.30. The fraction of sp³-hybridized carbons (Fsp3) is 0.455. The van der Waals surface area contributed by atoms with Crippen molar-refractivity contribution in [1.82, 2.24) is 14.8 Å². The number of hydrogen-bond donors (Lipinski definition) is 2. The van der Waals surface area contributed by atoms with E-state index in [2.05, 4.69) is 26.8 Å². The fourth-order valence-corrected chi connectivity index (χ4v) is 3.86. The van der Waals surface area contributed by atoms with Gasteiger partial charge in [0, 0.05) is 48.5 Å². The zero-order valence-corrected chi connectivity index (χ0v) is 17.1. The Balaban J connectivity index is 1.50. The second kappa shape index (κ2) is 9.28. The monoisotopic (exact) mass is 415 g/mol. The van der Waals surface area contributed by atoms with Gasteiger partial charge in [-0.25, -0.2) is 8.78 Å². The highest BCUT2D eigenvalue weighted by Gasteiger charge is 2.16. The third-order valence-corrected chi connectivity index (χ3v) is 5.36. The molecule has 4 rings (SSSR count). The van der Waals surface area contributed by atoms with Gasteiger partial charge in [-0.05, 0) is 37.1 Å². The van der Waals surface area contributed by atoms with Crippen LogP contribution in [-0.2, 0) is 13.6 Å². The van der Waals surface area contributed by atoms with Gasteiger partial charge in [0.15, 0.2) is 6.61 Å². The lowest BCUT2D eigenvalue weighted by Crippen LogP contribution is -2.24. The molecule has 2 N–H and O–H groups in total. The van der Waals surface area contributed by atoms with E-state index in [0.29, 0.717) is 18.4 Å². The van der Waals surface area contributed by atoms with Crippen molar-refractivity contribution in [2.24, 2.45) is 7.05 Å². The molecule has 2 heterocycles. The van der Waals surface area contributed by atoms with Crippen molar-refractivity contribution in [2.45, 2.75) is 51.1 Å². The van der Waals surface area contributed by atoms with E-state index < -0.39 is 13.0 Å². The number of rotatable bonds is 8. The quantitative estimate of drug-likeness (QED) is 0.544. The number of nitrogens with zero attached hydrogens (tertiary/aromatic N) is 3. The number of alkyl halides is 2. The molecule has 2 aromatic heterocycles. The highest BCUT2D eigenvalue weighted by Crippen LogP contribution is 2.26. The van der Waals surface area contributed by atoms with Gasteiger partial charge in [0.2, 0.25) is 5.88 Å².